The van der Waals surface area contributed by atoms with Crippen LogP contribution in [0, 0.1) is 17.8 Å². The molecule has 0 unspecified atom stereocenters. The van der Waals surface area contributed by atoms with Crippen LogP contribution in [0.4, 0.5) is 0 Å². The highest BCUT2D eigenvalue weighted by atomic mass is 16.5. The van der Waals surface area contributed by atoms with E-state index in [1.807, 2.05) is 12.1 Å². The molecule has 2 aromatic carbocycles. The van der Waals surface area contributed by atoms with Crippen LogP contribution in [0.3, 0.4) is 0 Å². The van der Waals surface area contributed by atoms with Crippen molar-refractivity contribution >= 4 is 5.91 Å². The largest absolute Gasteiger partial charge is 0.508 e. The topological polar surface area (TPSA) is 61.8 Å². The van der Waals surface area contributed by atoms with E-state index in [0.717, 1.165) is 43.8 Å². The number of hydrogen-bond acceptors (Lipinski definition) is 4. The molecule has 1 heterocycles. The molecule has 32 heavy (non-hydrogen) atoms. The van der Waals surface area contributed by atoms with Crippen LogP contribution in [0.2, 0.25) is 0 Å². The van der Waals surface area contributed by atoms with Crippen LogP contribution >= 0.6 is 0 Å². The number of nitrogens with one attached hydrogen (secondary N) is 1. The highest BCUT2D eigenvalue weighted by Crippen LogP contribution is 2.28. The third kappa shape index (κ3) is 6.04. The van der Waals surface area contributed by atoms with Gasteiger partial charge in [-0.1, -0.05) is 32.0 Å². The smallest absolute Gasteiger partial charge is 0.224 e. The summed E-state index contributed by atoms with van der Waals surface area (Å²) in [6.45, 7) is 7.99. The summed E-state index contributed by atoms with van der Waals surface area (Å²) in [5.41, 5.74) is 4.02. The van der Waals surface area contributed by atoms with Crippen LogP contribution in [0.15, 0.2) is 42.5 Å². The van der Waals surface area contributed by atoms with Crippen molar-refractivity contribution in [1.29, 1.82) is 0 Å². The number of ether oxygens (including phenoxy) is 1. The lowest BCUT2D eigenvalue weighted by molar-refractivity contribution is -0.128. The molecular weight excluding hydrogens is 400 g/mol. The number of amides is 1. The van der Waals surface area contributed by atoms with E-state index < -0.39 is 0 Å². The molecule has 0 spiro atoms. The predicted octanol–water partition coefficient (Wildman–Crippen LogP) is 4.17. The molecule has 0 bridgehead atoms. The molecule has 172 valence electrons. The van der Waals surface area contributed by atoms with E-state index in [1.165, 1.54) is 24.0 Å². The van der Waals surface area contributed by atoms with Crippen molar-refractivity contribution in [2.24, 2.45) is 17.8 Å². The average molecular weight is 437 g/mol. The van der Waals surface area contributed by atoms with Gasteiger partial charge in [0.25, 0.3) is 0 Å². The highest BCUT2D eigenvalue weighted by molar-refractivity contribution is 5.79. The zero-order valence-corrected chi connectivity index (χ0v) is 19.3. The standard InChI is InChI=1S/C27H36N2O3/c1-19(2)14-28-27(31)24-12-21(16-29(17-24)15-20-6-9-25(30)10-7-20)18-32-26-11-8-22-4-3-5-23(22)13-26/h6-11,13,19,21,24,30H,3-5,12,14-18H2,1-2H3,(H,28,31)/t21-,24+/m0/s1. The third-order valence-electron chi connectivity index (χ3n) is 6.57. The van der Waals surface area contributed by atoms with Crippen LogP contribution < -0.4 is 10.1 Å². The van der Waals surface area contributed by atoms with Gasteiger partial charge in [-0.05, 0) is 72.6 Å². The molecule has 1 aliphatic heterocycles. The summed E-state index contributed by atoms with van der Waals surface area (Å²) in [5, 5.41) is 12.7. The zero-order valence-electron chi connectivity index (χ0n) is 19.3. The molecule has 0 radical (unpaired) electrons. The Morgan fingerprint density at radius 2 is 1.91 bits per heavy atom. The fourth-order valence-corrected chi connectivity index (χ4v) is 4.90. The Bertz CT molecular complexity index is 910. The number of fused-ring (bicyclic) bond motifs is 1. The van der Waals surface area contributed by atoms with E-state index in [4.69, 9.17) is 4.74 Å². The summed E-state index contributed by atoms with van der Waals surface area (Å²) in [7, 11) is 0. The Labute approximate surface area is 191 Å². The fourth-order valence-electron chi connectivity index (χ4n) is 4.90. The van der Waals surface area contributed by atoms with Crippen molar-refractivity contribution in [3.8, 4) is 11.5 Å². The number of phenolic OH excluding ortho intramolecular Hbond substituents is 1. The highest BCUT2D eigenvalue weighted by Gasteiger charge is 2.32. The first-order valence-electron chi connectivity index (χ1n) is 12.0. The lowest BCUT2D eigenvalue weighted by Gasteiger charge is -2.37. The number of piperidine rings is 1. The molecule has 1 saturated heterocycles. The maximum absolute atomic E-state index is 12.9. The second kappa shape index (κ2) is 10.4. The first-order chi connectivity index (χ1) is 15.5. The summed E-state index contributed by atoms with van der Waals surface area (Å²) in [6.07, 6.45) is 4.41. The van der Waals surface area contributed by atoms with Crippen LogP contribution in [0.25, 0.3) is 0 Å². The summed E-state index contributed by atoms with van der Waals surface area (Å²) in [5.74, 6) is 2.07. The lowest BCUT2D eigenvalue weighted by atomic mass is 9.88. The number of benzene rings is 2. The average Bonchev–Trinajstić information content (AvgIpc) is 3.25. The normalized spacial score (nSPS) is 20.8. The van der Waals surface area contributed by atoms with Gasteiger partial charge in [0.15, 0.2) is 0 Å². The lowest BCUT2D eigenvalue weighted by Crippen LogP contribution is -2.47. The van der Waals surface area contributed by atoms with Gasteiger partial charge in [-0.2, -0.15) is 0 Å². The van der Waals surface area contributed by atoms with Gasteiger partial charge in [0.2, 0.25) is 5.91 Å². The number of carbonyl (C=O) groups excluding carboxylic acids is 1. The maximum Gasteiger partial charge on any atom is 0.224 e. The monoisotopic (exact) mass is 436 g/mol. The summed E-state index contributed by atoms with van der Waals surface area (Å²) in [6, 6.07) is 13.8. The van der Waals surface area contributed by atoms with Gasteiger partial charge in [-0.3, -0.25) is 9.69 Å². The first-order valence-corrected chi connectivity index (χ1v) is 12.0. The van der Waals surface area contributed by atoms with Gasteiger partial charge in [0, 0.05) is 32.1 Å². The predicted molar refractivity (Wildman–Crippen MR) is 127 cm³/mol. The number of nitrogens with zero attached hydrogens (tertiary/aromatic N) is 1. The molecule has 2 atom stereocenters. The van der Waals surface area contributed by atoms with Crippen molar-refractivity contribution in [2.45, 2.75) is 46.1 Å². The van der Waals surface area contributed by atoms with Crippen molar-refractivity contribution in [3.63, 3.8) is 0 Å². The maximum atomic E-state index is 12.9. The molecular formula is C27H36N2O3. The van der Waals surface area contributed by atoms with Crippen molar-refractivity contribution < 1.29 is 14.6 Å². The summed E-state index contributed by atoms with van der Waals surface area (Å²) in [4.78, 5) is 15.2. The van der Waals surface area contributed by atoms with Crippen molar-refractivity contribution in [1.82, 2.24) is 10.2 Å². The number of aromatic hydroxyl groups is 1. The van der Waals surface area contributed by atoms with Crippen LogP contribution in [0.1, 0.15) is 43.4 Å². The zero-order chi connectivity index (χ0) is 22.5. The SMILES string of the molecule is CC(C)CNC(=O)[C@@H]1C[C@H](COc2ccc3c(c2)CCC3)CN(Cc2ccc(O)cc2)C1. The minimum atomic E-state index is -0.0340. The number of phenols is 1. The van der Waals surface area contributed by atoms with E-state index in [2.05, 4.69) is 42.3 Å². The Kier molecular flexibility index (Phi) is 7.36. The van der Waals surface area contributed by atoms with Gasteiger partial charge in [0.05, 0.1) is 12.5 Å². The number of hydrogen-bond donors (Lipinski definition) is 2. The Morgan fingerprint density at radius 1 is 1.12 bits per heavy atom. The molecule has 0 saturated carbocycles. The molecule has 2 N–H and O–H groups in total. The van der Waals surface area contributed by atoms with Gasteiger partial charge >= 0.3 is 0 Å². The van der Waals surface area contributed by atoms with E-state index in [1.54, 1.807) is 12.1 Å². The second-order valence-corrected chi connectivity index (χ2v) is 9.89. The second-order valence-electron chi connectivity index (χ2n) is 9.89. The molecule has 5 nitrogen and oxygen atoms in total. The van der Waals surface area contributed by atoms with Gasteiger partial charge in [0.1, 0.15) is 11.5 Å². The molecule has 0 aromatic heterocycles. The molecule has 1 amide bonds. The van der Waals surface area contributed by atoms with Gasteiger partial charge < -0.3 is 15.2 Å². The van der Waals surface area contributed by atoms with Crippen LogP contribution in [-0.4, -0.2) is 42.2 Å². The minimum absolute atomic E-state index is 0.0340. The Balaban J connectivity index is 1.40. The molecule has 2 aromatic rings. The summed E-state index contributed by atoms with van der Waals surface area (Å²) >= 11 is 0. The van der Waals surface area contributed by atoms with E-state index in [-0.39, 0.29) is 17.6 Å². The quantitative estimate of drug-likeness (QED) is 0.652. The van der Waals surface area contributed by atoms with Crippen LogP contribution in [-0.2, 0) is 24.2 Å². The van der Waals surface area contributed by atoms with Gasteiger partial charge in [-0.25, -0.2) is 0 Å². The Morgan fingerprint density at radius 3 is 2.69 bits per heavy atom. The molecule has 5 heteroatoms. The molecule has 4 rings (SSSR count). The summed E-state index contributed by atoms with van der Waals surface area (Å²) < 4.78 is 6.22. The molecule has 1 aliphatic carbocycles. The van der Waals surface area contributed by atoms with Gasteiger partial charge in [-0.15, -0.1) is 0 Å². The fraction of sp³-hybridized carbons (Fsp3) is 0.519. The van der Waals surface area contributed by atoms with E-state index in [9.17, 15) is 9.90 Å². The minimum Gasteiger partial charge on any atom is -0.508 e. The number of carbonyl (C=O) groups is 1. The molecule has 1 fully saturated rings. The number of rotatable bonds is 8. The van der Waals surface area contributed by atoms with E-state index in [0.29, 0.717) is 25.0 Å². The van der Waals surface area contributed by atoms with Crippen molar-refractivity contribution in [2.75, 3.05) is 26.2 Å². The number of aryl methyl sites for hydroxylation is 2. The van der Waals surface area contributed by atoms with E-state index >= 15 is 0 Å². The Hall–Kier alpha value is -2.53. The van der Waals surface area contributed by atoms with Crippen molar-refractivity contribution in [3.05, 3.63) is 59.2 Å². The number of likely N-dealkylation sites (tertiary alicyclic amines) is 1. The third-order valence-corrected chi connectivity index (χ3v) is 6.57. The first kappa shape index (κ1) is 22.7. The van der Waals surface area contributed by atoms with Crippen LogP contribution in [0.5, 0.6) is 11.5 Å². The molecule has 2 aliphatic rings.